The summed E-state index contributed by atoms with van der Waals surface area (Å²) < 4.78 is 11.0. The zero-order valence-electron chi connectivity index (χ0n) is 10.3. The molecule has 3 rings (SSSR count). The molecule has 5 heteroatoms. The van der Waals surface area contributed by atoms with Gasteiger partial charge in [-0.05, 0) is 31.4 Å². The van der Waals surface area contributed by atoms with Crippen molar-refractivity contribution in [3.05, 3.63) is 18.2 Å². The van der Waals surface area contributed by atoms with Crippen LogP contribution >= 0.6 is 0 Å². The molecule has 0 bridgehead atoms. The zero-order valence-corrected chi connectivity index (χ0v) is 10.3. The van der Waals surface area contributed by atoms with Crippen LogP contribution in [0.1, 0.15) is 19.3 Å². The second-order valence-electron chi connectivity index (χ2n) is 4.76. The van der Waals surface area contributed by atoms with Crippen molar-refractivity contribution in [3.63, 3.8) is 0 Å². The summed E-state index contributed by atoms with van der Waals surface area (Å²) in [5.41, 5.74) is 7.94. The number of aromatic nitrogens is 1. The van der Waals surface area contributed by atoms with Gasteiger partial charge in [0.05, 0.1) is 6.10 Å². The maximum Gasteiger partial charge on any atom is 0.295 e. The molecule has 1 heterocycles. The van der Waals surface area contributed by atoms with Crippen molar-refractivity contribution in [1.29, 1.82) is 0 Å². The summed E-state index contributed by atoms with van der Waals surface area (Å²) >= 11 is 0. The van der Waals surface area contributed by atoms with Crippen molar-refractivity contribution in [3.8, 4) is 0 Å². The highest BCUT2D eigenvalue weighted by atomic mass is 16.5. The fourth-order valence-corrected chi connectivity index (χ4v) is 2.46. The van der Waals surface area contributed by atoms with Crippen LogP contribution in [0.5, 0.6) is 0 Å². The second kappa shape index (κ2) is 4.49. The van der Waals surface area contributed by atoms with Crippen LogP contribution in [0, 0.1) is 0 Å². The number of nitrogen functional groups attached to an aromatic ring is 1. The summed E-state index contributed by atoms with van der Waals surface area (Å²) in [6.07, 6.45) is 3.51. The van der Waals surface area contributed by atoms with E-state index in [9.17, 15) is 0 Å². The Labute approximate surface area is 105 Å². The van der Waals surface area contributed by atoms with E-state index in [1.54, 1.807) is 13.2 Å². The molecule has 2 aromatic rings. The first-order chi connectivity index (χ1) is 8.74. The Balaban J connectivity index is 1.75. The van der Waals surface area contributed by atoms with Gasteiger partial charge in [-0.2, -0.15) is 4.98 Å². The molecular weight excluding hydrogens is 230 g/mol. The lowest BCUT2D eigenvalue weighted by Gasteiger charge is -2.10. The average molecular weight is 247 g/mol. The molecule has 1 aromatic heterocycles. The minimum atomic E-state index is 0.350. The quantitative estimate of drug-likeness (QED) is 0.815. The molecular formula is C13H17N3O2. The molecule has 1 aliphatic carbocycles. The maximum absolute atomic E-state index is 5.71. The molecule has 5 nitrogen and oxygen atoms in total. The Morgan fingerprint density at radius 1 is 1.44 bits per heavy atom. The lowest BCUT2D eigenvalue weighted by molar-refractivity contribution is 0.108. The summed E-state index contributed by atoms with van der Waals surface area (Å²) in [4.78, 5) is 4.39. The molecule has 1 saturated carbocycles. The monoisotopic (exact) mass is 247 g/mol. The van der Waals surface area contributed by atoms with Gasteiger partial charge in [0.15, 0.2) is 5.58 Å². The van der Waals surface area contributed by atoms with Crippen molar-refractivity contribution >= 4 is 22.8 Å². The van der Waals surface area contributed by atoms with Crippen molar-refractivity contribution in [1.82, 2.24) is 4.98 Å². The third-order valence-electron chi connectivity index (χ3n) is 3.46. The second-order valence-corrected chi connectivity index (χ2v) is 4.76. The summed E-state index contributed by atoms with van der Waals surface area (Å²) in [5.74, 6) is 0. The molecule has 0 saturated heterocycles. The first-order valence-electron chi connectivity index (χ1n) is 6.20. The summed E-state index contributed by atoms with van der Waals surface area (Å²) in [6, 6.07) is 6.43. The SMILES string of the molecule is COC1CCC(Nc2nc3ccc(N)cc3o2)C1. The third kappa shape index (κ3) is 2.13. The number of fused-ring (bicyclic) bond motifs is 1. The molecule has 2 atom stereocenters. The number of ether oxygens (including phenoxy) is 1. The average Bonchev–Trinajstić information content (AvgIpc) is 2.95. The number of hydrogen-bond donors (Lipinski definition) is 2. The number of methoxy groups -OCH3 is 1. The van der Waals surface area contributed by atoms with Gasteiger partial charge < -0.3 is 20.2 Å². The van der Waals surface area contributed by atoms with Gasteiger partial charge in [0, 0.05) is 24.9 Å². The molecule has 3 N–H and O–H groups in total. The van der Waals surface area contributed by atoms with Crippen LogP contribution in [0.25, 0.3) is 11.1 Å². The topological polar surface area (TPSA) is 73.3 Å². The van der Waals surface area contributed by atoms with Gasteiger partial charge >= 0.3 is 0 Å². The number of nitrogens with one attached hydrogen (secondary N) is 1. The first kappa shape index (κ1) is 11.3. The van der Waals surface area contributed by atoms with E-state index >= 15 is 0 Å². The van der Waals surface area contributed by atoms with Gasteiger partial charge in [0.2, 0.25) is 0 Å². The van der Waals surface area contributed by atoms with E-state index in [2.05, 4.69) is 10.3 Å². The number of oxazole rings is 1. The molecule has 1 aromatic carbocycles. The first-order valence-corrected chi connectivity index (χ1v) is 6.20. The highest BCUT2D eigenvalue weighted by Crippen LogP contribution is 2.27. The molecule has 1 fully saturated rings. The van der Waals surface area contributed by atoms with E-state index in [-0.39, 0.29) is 0 Å². The normalized spacial score (nSPS) is 23.6. The van der Waals surface area contributed by atoms with E-state index in [4.69, 9.17) is 14.9 Å². The summed E-state index contributed by atoms with van der Waals surface area (Å²) in [6.45, 7) is 0. The van der Waals surface area contributed by atoms with Crippen molar-refractivity contribution in [2.24, 2.45) is 0 Å². The Hall–Kier alpha value is -1.75. The smallest absolute Gasteiger partial charge is 0.295 e. The van der Waals surface area contributed by atoms with Gasteiger partial charge in [-0.15, -0.1) is 0 Å². The Bertz CT molecular complexity index is 552. The molecule has 1 aliphatic rings. The van der Waals surface area contributed by atoms with Gasteiger partial charge in [0.25, 0.3) is 6.01 Å². The predicted octanol–water partition coefficient (Wildman–Crippen LogP) is 2.39. The fraction of sp³-hybridized carbons (Fsp3) is 0.462. The van der Waals surface area contributed by atoms with Crippen molar-refractivity contribution < 1.29 is 9.15 Å². The molecule has 0 aliphatic heterocycles. The van der Waals surface area contributed by atoms with Gasteiger partial charge in [-0.3, -0.25) is 0 Å². The van der Waals surface area contributed by atoms with Gasteiger partial charge in [0.1, 0.15) is 5.52 Å². The number of anilines is 2. The maximum atomic E-state index is 5.71. The fourth-order valence-electron chi connectivity index (χ4n) is 2.46. The Morgan fingerprint density at radius 3 is 3.11 bits per heavy atom. The van der Waals surface area contributed by atoms with Gasteiger partial charge in [-0.25, -0.2) is 0 Å². The molecule has 2 unspecified atom stereocenters. The van der Waals surface area contributed by atoms with Crippen molar-refractivity contribution in [2.75, 3.05) is 18.2 Å². The lowest BCUT2D eigenvalue weighted by atomic mass is 10.2. The summed E-state index contributed by atoms with van der Waals surface area (Å²) in [5, 5.41) is 3.32. The minimum absolute atomic E-state index is 0.350. The van der Waals surface area contributed by atoms with Crippen LogP contribution in [0.4, 0.5) is 11.7 Å². The largest absolute Gasteiger partial charge is 0.423 e. The van der Waals surface area contributed by atoms with Crippen LogP contribution in [0.15, 0.2) is 22.6 Å². The Morgan fingerprint density at radius 2 is 2.33 bits per heavy atom. The number of rotatable bonds is 3. The van der Waals surface area contributed by atoms with E-state index in [1.165, 1.54) is 0 Å². The predicted molar refractivity (Wildman–Crippen MR) is 70.5 cm³/mol. The Kier molecular flexibility index (Phi) is 2.83. The van der Waals surface area contributed by atoms with E-state index in [0.29, 0.717) is 23.8 Å². The number of benzene rings is 1. The third-order valence-corrected chi connectivity index (χ3v) is 3.46. The van der Waals surface area contributed by atoms with Crippen LogP contribution in [-0.2, 0) is 4.74 Å². The van der Waals surface area contributed by atoms with E-state index in [1.807, 2.05) is 12.1 Å². The van der Waals surface area contributed by atoms with E-state index < -0.39 is 0 Å². The minimum Gasteiger partial charge on any atom is -0.423 e. The number of nitrogens with two attached hydrogens (primary N) is 1. The number of nitrogens with zero attached hydrogens (tertiary/aromatic N) is 1. The number of hydrogen-bond acceptors (Lipinski definition) is 5. The van der Waals surface area contributed by atoms with Crippen LogP contribution < -0.4 is 11.1 Å². The van der Waals surface area contributed by atoms with Crippen molar-refractivity contribution in [2.45, 2.75) is 31.4 Å². The molecule has 18 heavy (non-hydrogen) atoms. The van der Waals surface area contributed by atoms with Gasteiger partial charge in [-0.1, -0.05) is 0 Å². The molecule has 0 spiro atoms. The highest BCUT2D eigenvalue weighted by molar-refractivity contribution is 5.78. The molecule has 0 amide bonds. The van der Waals surface area contributed by atoms with Crippen LogP contribution in [-0.4, -0.2) is 24.2 Å². The van der Waals surface area contributed by atoms with E-state index in [0.717, 1.165) is 30.4 Å². The van der Waals surface area contributed by atoms with Crippen LogP contribution in [0.2, 0.25) is 0 Å². The highest BCUT2D eigenvalue weighted by Gasteiger charge is 2.25. The standard InChI is InChI=1S/C13H17N3O2/c1-17-10-4-3-9(7-10)15-13-16-11-5-2-8(14)6-12(11)18-13/h2,5-6,9-10H,3-4,7,14H2,1H3,(H,15,16). The molecule has 96 valence electrons. The zero-order chi connectivity index (χ0) is 12.5. The molecule has 0 radical (unpaired) electrons. The lowest BCUT2D eigenvalue weighted by Crippen LogP contribution is -2.17. The summed E-state index contributed by atoms with van der Waals surface area (Å²) in [7, 11) is 1.76. The van der Waals surface area contributed by atoms with Crippen LogP contribution in [0.3, 0.4) is 0 Å².